The highest BCUT2D eigenvalue weighted by molar-refractivity contribution is 7.90. The predicted molar refractivity (Wildman–Crippen MR) is 134 cm³/mol. The van der Waals surface area contributed by atoms with Gasteiger partial charge in [-0.1, -0.05) is 61.3 Å². The molecule has 2 aromatic rings. The smallest absolute Gasteiger partial charge is 0.304 e. The minimum Gasteiger partial charge on any atom is -0.481 e. The van der Waals surface area contributed by atoms with Crippen LogP contribution in [0.5, 0.6) is 0 Å². The summed E-state index contributed by atoms with van der Waals surface area (Å²) >= 11 is 12.4. The van der Waals surface area contributed by atoms with Crippen molar-refractivity contribution in [2.75, 3.05) is 12.0 Å². The molecule has 0 radical (unpaired) electrons. The van der Waals surface area contributed by atoms with Crippen molar-refractivity contribution in [2.45, 2.75) is 51.1 Å². The summed E-state index contributed by atoms with van der Waals surface area (Å²) in [5.74, 6) is -1.97. The van der Waals surface area contributed by atoms with Crippen LogP contribution in [0.2, 0.25) is 10.0 Å². The first-order valence-electron chi connectivity index (χ1n) is 11.1. The topological polar surface area (TPSA) is 91.8 Å². The largest absolute Gasteiger partial charge is 0.481 e. The molecule has 0 spiro atoms. The number of benzene rings is 2. The summed E-state index contributed by atoms with van der Waals surface area (Å²) in [7, 11) is -3.42. The highest BCUT2D eigenvalue weighted by Gasteiger charge is 2.52. The van der Waals surface area contributed by atoms with E-state index < -0.39 is 33.3 Å². The van der Waals surface area contributed by atoms with Gasteiger partial charge in [-0.15, -0.1) is 0 Å². The van der Waals surface area contributed by atoms with Crippen molar-refractivity contribution < 1.29 is 23.1 Å². The SMILES string of the molecule is CC[C@@H](CS(C)(=O)=O)N1C(=O)[C@](C)(CC(=O)O)C[C@H](c2cccc(Cl)c2)[C@H]1c1ccc(Cl)cc1. The number of amides is 1. The van der Waals surface area contributed by atoms with Gasteiger partial charge in [0.15, 0.2) is 0 Å². The van der Waals surface area contributed by atoms with E-state index in [4.69, 9.17) is 23.2 Å². The molecule has 1 aliphatic heterocycles. The first-order valence-corrected chi connectivity index (χ1v) is 13.9. The fourth-order valence-corrected chi connectivity index (χ4v) is 6.45. The molecule has 0 aromatic heterocycles. The standard InChI is InChI=1S/C25H29Cl2NO5S/c1-4-20(15-34(3,32)33)28-23(16-8-10-18(26)11-9-16)21(17-6-5-7-19(27)12-17)13-25(2,24(28)31)14-22(29)30/h5-12,20-21,23H,4,13-15H2,1-3H3,(H,29,30)/t20-,21+,23+,25-/m0/s1. The number of sulfone groups is 1. The molecule has 1 heterocycles. The molecular weight excluding hydrogens is 497 g/mol. The molecular formula is C25H29Cl2NO5S. The highest BCUT2D eigenvalue weighted by Crippen LogP contribution is 2.52. The van der Waals surface area contributed by atoms with Crippen molar-refractivity contribution in [3.8, 4) is 0 Å². The van der Waals surface area contributed by atoms with Crippen LogP contribution in [0.15, 0.2) is 48.5 Å². The molecule has 0 saturated carbocycles. The van der Waals surface area contributed by atoms with Gasteiger partial charge in [-0.25, -0.2) is 8.42 Å². The first kappa shape index (κ1) is 26.5. The second-order valence-corrected chi connectivity index (χ2v) is 12.4. The van der Waals surface area contributed by atoms with Crippen LogP contribution < -0.4 is 0 Å². The quantitative estimate of drug-likeness (QED) is 0.501. The Labute approximate surface area is 210 Å². The maximum Gasteiger partial charge on any atom is 0.304 e. The number of halogens is 2. The fraction of sp³-hybridized carbons (Fsp3) is 0.440. The normalized spacial score (nSPS) is 24.1. The molecule has 1 fully saturated rings. The number of piperidine rings is 1. The Morgan fingerprint density at radius 3 is 2.32 bits per heavy atom. The first-order chi connectivity index (χ1) is 15.8. The van der Waals surface area contributed by atoms with Crippen molar-refractivity contribution in [3.63, 3.8) is 0 Å². The van der Waals surface area contributed by atoms with Crippen LogP contribution in [0.3, 0.4) is 0 Å². The molecule has 0 unspecified atom stereocenters. The van der Waals surface area contributed by atoms with Gasteiger partial charge in [-0.05, 0) is 48.2 Å². The van der Waals surface area contributed by atoms with E-state index in [1.165, 1.54) is 0 Å². The van der Waals surface area contributed by atoms with Crippen molar-refractivity contribution in [1.82, 2.24) is 4.90 Å². The van der Waals surface area contributed by atoms with E-state index in [9.17, 15) is 23.1 Å². The number of likely N-dealkylation sites (tertiary alicyclic amines) is 1. The maximum atomic E-state index is 14.0. The van der Waals surface area contributed by atoms with Gasteiger partial charge in [0.1, 0.15) is 9.84 Å². The predicted octanol–water partition coefficient (Wildman–Crippen LogP) is 5.35. The monoisotopic (exact) mass is 525 g/mol. The van der Waals surface area contributed by atoms with Crippen molar-refractivity contribution in [3.05, 3.63) is 69.7 Å². The molecule has 2 aromatic carbocycles. The van der Waals surface area contributed by atoms with Gasteiger partial charge < -0.3 is 10.0 Å². The van der Waals surface area contributed by atoms with Crippen molar-refractivity contribution in [2.24, 2.45) is 5.41 Å². The van der Waals surface area contributed by atoms with Crippen LogP contribution >= 0.6 is 23.2 Å². The molecule has 0 aliphatic carbocycles. The van der Waals surface area contributed by atoms with E-state index in [-0.39, 0.29) is 30.4 Å². The summed E-state index contributed by atoms with van der Waals surface area (Å²) in [4.78, 5) is 27.4. The lowest BCUT2D eigenvalue weighted by Crippen LogP contribution is -2.57. The highest BCUT2D eigenvalue weighted by atomic mass is 35.5. The lowest BCUT2D eigenvalue weighted by atomic mass is 9.67. The van der Waals surface area contributed by atoms with Gasteiger partial charge in [-0.2, -0.15) is 0 Å². The molecule has 1 N–H and O–H groups in total. The second-order valence-electron chi connectivity index (χ2n) is 9.36. The Morgan fingerprint density at radius 2 is 1.79 bits per heavy atom. The summed E-state index contributed by atoms with van der Waals surface area (Å²) in [5.41, 5.74) is 0.440. The maximum absolute atomic E-state index is 14.0. The zero-order valence-electron chi connectivity index (χ0n) is 19.4. The van der Waals surface area contributed by atoms with Crippen LogP contribution in [0.25, 0.3) is 0 Å². The fourth-order valence-electron chi connectivity index (χ4n) is 5.03. The van der Waals surface area contributed by atoms with Gasteiger partial charge in [0.25, 0.3) is 0 Å². The van der Waals surface area contributed by atoms with E-state index in [0.717, 1.165) is 17.4 Å². The van der Waals surface area contributed by atoms with E-state index >= 15 is 0 Å². The van der Waals surface area contributed by atoms with E-state index in [0.29, 0.717) is 16.5 Å². The minimum atomic E-state index is -3.42. The average Bonchev–Trinajstić information content (AvgIpc) is 2.73. The summed E-state index contributed by atoms with van der Waals surface area (Å²) in [6.45, 7) is 3.48. The number of hydrogen-bond acceptors (Lipinski definition) is 4. The van der Waals surface area contributed by atoms with Gasteiger partial charge in [0, 0.05) is 28.3 Å². The summed E-state index contributed by atoms with van der Waals surface area (Å²) in [6.07, 6.45) is 1.46. The van der Waals surface area contributed by atoms with Crippen molar-refractivity contribution in [1.29, 1.82) is 0 Å². The Balaban J connectivity index is 2.26. The number of nitrogens with zero attached hydrogens (tertiary/aromatic N) is 1. The number of carbonyl (C=O) groups excluding carboxylic acids is 1. The lowest BCUT2D eigenvalue weighted by molar-refractivity contribution is -0.160. The summed E-state index contributed by atoms with van der Waals surface area (Å²) in [5, 5.41) is 10.7. The minimum absolute atomic E-state index is 0.218. The number of rotatable bonds is 8. The third-order valence-electron chi connectivity index (χ3n) is 6.49. The Hall–Kier alpha value is -2.09. The number of carboxylic acids is 1. The number of carbonyl (C=O) groups is 2. The molecule has 6 nitrogen and oxygen atoms in total. The van der Waals surface area contributed by atoms with E-state index in [2.05, 4.69) is 0 Å². The van der Waals surface area contributed by atoms with Gasteiger partial charge in [0.2, 0.25) is 5.91 Å². The zero-order chi connectivity index (χ0) is 25.3. The Morgan fingerprint density at radius 1 is 1.15 bits per heavy atom. The summed E-state index contributed by atoms with van der Waals surface area (Å²) in [6, 6.07) is 13.3. The van der Waals surface area contributed by atoms with Gasteiger partial charge in [0.05, 0.1) is 23.6 Å². The molecule has 0 bridgehead atoms. The van der Waals surface area contributed by atoms with E-state index in [1.807, 2.05) is 37.3 Å². The van der Waals surface area contributed by atoms with Crippen LogP contribution in [-0.4, -0.2) is 48.4 Å². The number of aliphatic carboxylic acids is 1. The average molecular weight is 526 g/mol. The van der Waals surface area contributed by atoms with E-state index in [1.54, 1.807) is 30.0 Å². The molecule has 1 amide bonds. The molecule has 3 rings (SSSR count). The molecule has 1 saturated heterocycles. The van der Waals surface area contributed by atoms with Crippen LogP contribution in [0.4, 0.5) is 0 Å². The van der Waals surface area contributed by atoms with Crippen molar-refractivity contribution >= 4 is 44.9 Å². The molecule has 4 atom stereocenters. The van der Waals surface area contributed by atoms with Gasteiger partial charge in [-0.3, -0.25) is 9.59 Å². The molecule has 1 aliphatic rings. The van der Waals surface area contributed by atoms with Crippen LogP contribution in [0, 0.1) is 5.41 Å². The summed E-state index contributed by atoms with van der Waals surface area (Å²) < 4.78 is 24.6. The van der Waals surface area contributed by atoms with Crippen LogP contribution in [0.1, 0.15) is 56.2 Å². The second kappa shape index (κ2) is 10.3. The lowest BCUT2D eigenvalue weighted by Gasteiger charge is -2.51. The Kier molecular flexibility index (Phi) is 8.00. The Bertz CT molecular complexity index is 1170. The third-order valence-corrected chi connectivity index (χ3v) is 7.97. The molecule has 184 valence electrons. The van der Waals surface area contributed by atoms with Gasteiger partial charge >= 0.3 is 5.97 Å². The number of carboxylic acid groups (broad SMARTS) is 1. The third kappa shape index (κ3) is 5.93. The molecule has 9 heteroatoms. The zero-order valence-corrected chi connectivity index (χ0v) is 21.7. The van der Waals surface area contributed by atoms with Crippen LogP contribution in [-0.2, 0) is 19.4 Å². The molecule has 34 heavy (non-hydrogen) atoms. The number of hydrogen-bond donors (Lipinski definition) is 1.